The number of H-pyrrole nitrogens is 4. The van der Waals surface area contributed by atoms with Crippen molar-refractivity contribution in [3.8, 4) is 0 Å². The summed E-state index contributed by atoms with van der Waals surface area (Å²) in [6, 6.07) is 0. The Morgan fingerprint density at radius 2 is 0.550 bits per heavy atom. The largest absolute Gasteiger partial charge is 0.490 e. The molecule has 4 saturated heterocycles. The quantitative estimate of drug-likeness (QED) is 0.0163. The van der Waals surface area contributed by atoms with Crippen LogP contribution in [0.2, 0.25) is 0 Å². The van der Waals surface area contributed by atoms with Gasteiger partial charge < -0.3 is 118 Å². The van der Waals surface area contributed by atoms with Crippen LogP contribution in [0.15, 0.2) is 63.1 Å². The van der Waals surface area contributed by atoms with Gasteiger partial charge in [-0.3, -0.25) is 75.5 Å². The maximum Gasteiger partial charge on any atom is 0.490 e. The lowest BCUT2D eigenvalue weighted by molar-refractivity contribution is -0.179. The van der Waals surface area contributed by atoms with Crippen molar-refractivity contribution < 1.29 is 268 Å². The molecule has 8 heterocycles. The van der Waals surface area contributed by atoms with E-state index < -0.39 is 287 Å². The first-order valence-corrected chi connectivity index (χ1v) is 46.5. The predicted molar refractivity (Wildman–Crippen MR) is 343 cm³/mol. The number of aliphatic hydroxyl groups excluding tert-OH is 4. The molecular formula is C36H52F8N8O56P12. The molecule has 4 aromatic heterocycles. The fourth-order valence-corrected chi connectivity index (χ4v) is 20.2. The summed E-state index contributed by atoms with van der Waals surface area (Å²) >= 11 is 0. The maximum atomic E-state index is 15.2. The van der Waals surface area contributed by atoms with E-state index in [0.29, 0.717) is 6.20 Å². The van der Waals surface area contributed by atoms with Crippen LogP contribution in [0.1, 0.15) is 58.8 Å². The zero-order chi connectivity index (χ0) is 97.9. The van der Waals surface area contributed by atoms with E-state index in [9.17, 15) is 159 Å². The Kier molecular flexibility index (Phi) is 30.9. The highest BCUT2D eigenvalue weighted by molar-refractivity contribution is 7.68. The average molecular weight is 2020 g/mol. The molecule has 8 unspecified atom stereocenters. The molecule has 0 bridgehead atoms. The summed E-state index contributed by atoms with van der Waals surface area (Å²) in [5.74, 6) is -20.9. The van der Waals surface area contributed by atoms with Gasteiger partial charge in [0.05, 0.1) is 33.0 Å². The minimum absolute atomic E-state index is 0.0149. The van der Waals surface area contributed by atoms with E-state index in [1.165, 1.54) is 19.9 Å². The van der Waals surface area contributed by atoms with Gasteiger partial charge in [-0.2, -0.15) is 52.0 Å². The van der Waals surface area contributed by atoms with Gasteiger partial charge in [-0.05, 0) is 0 Å². The number of aromatic nitrogens is 8. The summed E-state index contributed by atoms with van der Waals surface area (Å²) in [7, 11) is -70.7. The first kappa shape index (κ1) is 96.1. The van der Waals surface area contributed by atoms with E-state index in [4.69, 9.17) is 66.9 Å². The van der Waals surface area contributed by atoms with Gasteiger partial charge in [0.1, 0.15) is 50.7 Å². The summed E-state index contributed by atoms with van der Waals surface area (Å²) in [6.45, 7) is -11.7. The number of rotatable bonds is 32. The highest BCUT2D eigenvalue weighted by atomic mass is 31.3. The molecule has 4 aliphatic rings. The van der Waals surface area contributed by atoms with Crippen molar-refractivity contribution in [1.29, 1.82) is 0 Å². The van der Waals surface area contributed by atoms with Crippen LogP contribution >= 0.6 is 93.9 Å². The van der Waals surface area contributed by atoms with Crippen molar-refractivity contribution in [2.75, 3.05) is 26.3 Å². The van der Waals surface area contributed by atoms with E-state index in [1.54, 1.807) is 0 Å². The summed E-state index contributed by atoms with van der Waals surface area (Å²) in [5.41, 5.74) is -11.7. The normalized spacial score (nSPS) is 31.0. The number of hydrogen-bond acceptors (Lipinski definition) is 40. The van der Waals surface area contributed by atoms with Crippen molar-refractivity contribution in [3.63, 3.8) is 0 Å². The molecule has 0 radical (unpaired) electrons. The molecule has 20 atom stereocenters. The summed E-state index contributed by atoms with van der Waals surface area (Å²) < 4.78 is 354. The lowest BCUT2D eigenvalue weighted by Crippen LogP contribution is -2.37. The number of phosphoric acid groups is 12. The van der Waals surface area contributed by atoms with Gasteiger partial charge in [-0.15, -0.1) is 0 Å². The van der Waals surface area contributed by atoms with Crippen LogP contribution in [-0.4, -0.2) is 211 Å². The van der Waals surface area contributed by atoms with Gasteiger partial charge in [-0.1, -0.05) is 0 Å². The maximum absolute atomic E-state index is 15.2. The molecule has 0 spiro atoms. The molecule has 0 aliphatic carbocycles. The van der Waals surface area contributed by atoms with Crippen LogP contribution in [0.3, 0.4) is 0 Å². The summed E-state index contributed by atoms with van der Waals surface area (Å²) in [4.78, 5) is 238. The van der Waals surface area contributed by atoms with Crippen LogP contribution < -0.4 is 45.0 Å². The number of halogens is 8. The number of alkyl halides is 4. The van der Waals surface area contributed by atoms with Crippen molar-refractivity contribution in [1.82, 2.24) is 38.2 Å². The molecule has 120 heavy (non-hydrogen) atoms. The van der Waals surface area contributed by atoms with Crippen molar-refractivity contribution >= 4 is 93.9 Å². The molecule has 4 aromatic rings. The van der Waals surface area contributed by atoms with E-state index in [-0.39, 0.29) is 36.9 Å². The molecule has 0 aromatic carbocycles. The van der Waals surface area contributed by atoms with Crippen molar-refractivity contribution in [2.24, 2.45) is 0 Å². The van der Waals surface area contributed by atoms with Gasteiger partial charge >= 0.3 is 117 Å². The Balaban J connectivity index is 0.000000298. The second-order valence-electron chi connectivity index (χ2n) is 21.9. The molecule has 4 fully saturated rings. The summed E-state index contributed by atoms with van der Waals surface area (Å²) in [6.07, 6.45) is -24.1. The first-order chi connectivity index (χ1) is 55.9. The number of aliphatic hydroxyl groups is 4. The molecule has 24 N–H and O–H groups in total. The predicted octanol–water partition coefficient (Wildman–Crippen LogP) is -4.14. The van der Waals surface area contributed by atoms with Crippen LogP contribution in [-0.2, 0) is 126 Å². The van der Waals surface area contributed by atoms with Gasteiger partial charge in [0.25, 0.3) is 22.2 Å². The van der Waals surface area contributed by atoms with E-state index in [2.05, 4.69) is 71.5 Å². The zero-order valence-electron chi connectivity index (χ0n) is 61.8. The Labute approximate surface area is 655 Å². The van der Waals surface area contributed by atoms with Crippen LogP contribution in [0.5, 0.6) is 0 Å². The molecule has 0 amide bonds. The fraction of sp³-hybridized carbons (Fsp3) is 0.556. The standard InChI is InChI=1S/4C9H13F2N2O14P3/c4*10-4-2-13(8(16)12-6(4)15)7-5(14)1-9(11,25-7)3-24-29(20,21)27-30(22,23)26-28(17,18)19/h4*2,5,7,14H,1,3H2,(H,20,21)(H,22,23)(H,12,15,16)(H2,17,18,19)/t4*5-,7-,9+/m1111/s1/i3D2,7D;7D;3D2;. The minimum Gasteiger partial charge on any atom is -0.388 e. The van der Waals surface area contributed by atoms with Crippen LogP contribution in [0, 0.1) is 23.3 Å². The minimum atomic E-state index is -6.27. The third kappa shape index (κ3) is 33.4. The van der Waals surface area contributed by atoms with Crippen molar-refractivity contribution in [2.45, 2.75) is 98.4 Å². The van der Waals surface area contributed by atoms with Gasteiger partial charge in [-0.25, -0.2) is 91.5 Å². The Morgan fingerprint density at radius 3 is 0.833 bits per heavy atom. The molecule has 688 valence electrons. The number of ether oxygens (including phenoxy) is 4. The molecule has 8 rings (SSSR count). The SMILES string of the molecule is O=c1[nH]c(=O)n([C@@H]2O[C@](F)(COP(=O)(O)OP(=O)(O)OP(=O)(O)O)C[C@H]2O)cc1F.[2H]C([2H])(OP(=O)(O)OP(=O)(O)OP(=O)(O)O)[C@]1(F)C[C@@H](O)[C@H](n2cc(F)c(=O)[nH]c2=O)O1.[2H]C([2H])(OP(=O)(O)OP(=O)(O)OP(=O)(O)O)[C@]1(F)C[C@@H](O)[C@]([2H])(n2cc(F)c(=O)[nH]c2=O)O1.[2H][C@@]1(n2cc(F)c(=O)[nH]c2=O)O[C@](F)(COP(=O)(O)OP(=O)(O)OP(=O)(O)O)C[C@H]1O. The van der Waals surface area contributed by atoms with Gasteiger partial charge in [0, 0.05) is 25.7 Å². The van der Waals surface area contributed by atoms with E-state index in [1.807, 2.05) is 0 Å². The lowest BCUT2D eigenvalue weighted by atomic mass is 10.2. The number of hydrogen-bond donors (Lipinski definition) is 24. The average Bonchev–Trinajstić information content (AvgIpc) is 1.59. The molecule has 84 heteroatoms. The zero-order valence-corrected chi connectivity index (χ0v) is 66.6. The van der Waals surface area contributed by atoms with Crippen LogP contribution in [0.4, 0.5) is 35.1 Å². The monoisotopic (exact) mass is 2020 g/mol. The number of nitrogens with zero attached hydrogens (tertiary/aromatic N) is 4. The Hall–Kier alpha value is -4.52. The fourth-order valence-electron chi connectivity index (χ4n) is 8.27. The van der Waals surface area contributed by atoms with Gasteiger partial charge in [0.15, 0.2) is 24.9 Å². The van der Waals surface area contributed by atoms with Crippen LogP contribution in [0.25, 0.3) is 0 Å². The molecule has 64 nitrogen and oxygen atoms in total. The number of nitrogens with one attached hydrogen (secondary N) is 4. The third-order valence-electron chi connectivity index (χ3n) is 12.2. The highest BCUT2D eigenvalue weighted by Crippen LogP contribution is 2.70. The number of phosphoric ester groups is 4. The second kappa shape index (κ2) is 38.6. The molecule has 4 aliphatic heterocycles. The highest BCUT2D eigenvalue weighted by Gasteiger charge is 2.56. The molecular weight excluding hydrogens is 1960 g/mol. The van der Waals surface area contributed by atoms with E-state index in [0.717, 1.165) is 0 Å². The second-order valence-corrected chi connectivity index (χ2v) is 39.4. The van der Waals surface area contributed by atoms with Gasteiger partial charge in [0.2, 0.25) is 46.7 Å². The smallest absolute Gasteiger partial charge is 0.388 e. The topological polar surface area (TPSA) is 977 Å². The Morgan fingerprint density at radius 1 is 0.342 bits per heavy atom. The van der Waals surface area contributed by atoms with E-state index >= 15 is 8.78 Å². The third-order valence-corrected chi connectivity index (χ3v) is 27.1. The summed E-state index contributed by atoms with van der Waals surface area (Å²) in [5, 5.41) is 39.7. The number of aromatic amines is 4. The Bertz CT molecular complexity index is 5950. The lowest BCUT2D eigenvalue weighted by Gasteiger charge is -2.22. The first-order valence-electron chi connectivity index (χ1n) is 31.4. The van der Waals surface area contributed by atoms with Crippen molar-refractivity contribution in [3.05, 3.63) is 131 Å². The molecule has 0 saturated carbocycles.